The second-order valence-corrected chi connectivity index (χ2v) is 31.7. The van der Waals surface area contributed by atoms with Crippen molar-refractivity contribution in [3.05, 3.63) is 385 Å². The Kier molecular flexibility index (Phi) is 33.2. The highest BCUT2D eigenvalue weighted by atomic mass is 14.5. The van der Waals surface area contributed by atoms with E-state index in [9.17, 15) is 0 Å². The average molecular weight is 1530 g/mol. The fourth-order valence-electron chi connectivity index (χ4n) is 21.5. The average Bonchev–Trinajstić information content (AvgIpc) is 0.963. The largest absolute Gasteiger partial charge is 0.0683 e. The van der Waals surface area contributed by atoms with Crippen LogP contribution in [-0.4, -0.2) is 0 Å². The Hall–Kier alpha value is -8.58. The molecule has 11 aromatic carbocycles. The Morgan fingerprint density at radius 1 is 0.174 bits per heavy atom. The summed E-state index contributed by atoms with van der Waals surface area (Å²) in [5.41, 5.74) is 47.0. The summed E-state index contributed by atoms with van der Waals surface area (Å²) in [4.78, 5) is 0. The third-order valence-corrected chi connectivity index (χ3v) is 25.0. The first-order chi connectivity index (χ1) is 56.2. The second-order valence-electron chi connectivity index (χ2n) is 31.7. The van der Waals surface area contributed by atoms with Crippen LogP contribution in [0.5, 0.6) is 0 Å². The summed E-state index contributed by atoms with van der Waals surface area (Å²) < 4.78 is 0. The van der Waals surface area contributed by atoms with Gasteiger partial charge in [0, 0.05) is 47.3 Å². The molecular formula is C115H150. The van der Waals surface area contributed by atoms with Gasteiger partial charge in [0.15, 0.2) is 0 Å². The first-order valence-electron chi connectivity index (χ1n) is 46.5. The Balaban J connectivity index is 0.000000198. The van der Waals surface area contributed by atoms with Crippen molar-refractivity contribution in [2.24, 2.45) is 11.8 Å². The van der Waals surface area contributed by atoms with E-state index in [2.05, 4.69) is 301 Å². The SMILES string of the molecule is CC.CC.CC.CC.CC.CC.CC.CC.CC.CC.CC(C)C1CC(C(C)C)c2cc3c(cc21)C1c2ccccc2C3c2ccccc21.CC(C)c1c2c(c(C(C)C)c3c1C1c4ccccc4C3c3ccccc31)C1c3ccccc3C2c2ccccc21.CC(C)c1ccc(C(C)C)c2c1C1c3ccccc3C2c2ccccc21. The number of fused-ring (bicyclic) bond motifs is 1. The highest BCUT2D eigenvalue weighted by Gasteiger charge is 2.52. The highest BCUT2D eigenvalue weighted by molar-refractivity contribution is 5.80. The fraction of sp³-hybridized carbons (Fsp3) is 0.426. The third-order valence-electron chi connectivity index (χ3n) is 25.0. The molecule has 0 fully saturated rings. The summed E-state index contributed by atoms with van der Waals surface area (Å²) in [7, 11) is 0. The van der Waals surface area contributed by atoms with Crippen molar-refractivity contribution in [3.63, 3.8) is 0 Å². The molecule has 13 aliphatic carbocycles. The Labute approximate surface area is 703 Å². The van der Waals surface area contributed by atoms with Crippen LogP contribution >= 0.6 is 0 Å². The van der Waals surface area contributed by atoms with Crippen LogP contribution in [0.25, 0.3) is 0 Å². The molecule has 0 N–H and O–H groups in total. The minimum absolute atomic E-state index is 0.304. The van der Waals surface area contributed by atoms with Crippen molar-refractivity contribution >= 4 is 0 Å². The first kappa shape index (κ1) is 91.9. The summed E-state index contributed by atoms with van der Waals surface area (Å²) >= 11 is 0. The first-order valence-corrected chi connectivity index (χ1v) is 46.5. The lowest BCUT2D eigenvalue weighted by molar-refractivity contribution is 0.414. The summed E-state index contributed by atoms with van der Waals surface area (Å²) in [6, 6.07) is 84.2. The highest BCUT2D eigenvalue weighted by Crippen LogP contribution is 2.67. The second kappa shape index (κ2) is 41.5. The fourth-order valence-corrected chi connectivity index (χ4v) is 21.5. The van der Waals surface area contributed by atoms with E-state index in [0.717, 1.165) is 0 Å². The minimum atomic E-state index is 0.304. The molecule has 0 spiro atoms. The van der Waals surface area contributed by atoms with E-state index in [-0.39, 0.29) is 0 Å². The summed E-state index contributed by atoms with van der Waals surface area (Å²) in [5.74, 6) is 7.59. The topological polar surface area (TPSA) is 0 Å². The van der Waals surface area contributed by atoms with Crippen molar-refractivity contribution in [2.75, 3.05) is 0 Å². The van der Waals surface area contributed by atoms with Crippen molar-refractivity contribution in [2.45, 2.75) is 311 Å². The molecule has 2 unspecified atom stereocenters. The Morgan fingerprint density at radius 3 is 0.478 bits per heavy atom. The molecule has 0 saturated heterocycles. The predicted octanol–water partition coefficient (Wildman–Crippen LogP) is 34.6. The Morgan fingerprint density at radius 2 is 0.330 bits per heavy atom. The molecule has 0 heteroatoms. The van der Waals surface area contributed by atoms with E-state index < -0.39 is 0 Å². The molecule has 0 aromatic heterocycles. The van der Waals surface area contributed by atoms with Gasteiger partial charge in [0.25, 0.3) is 0 Å². The molecule has 24 rings (SSSR count). The zero-order chi connectivity index (χ0) is 84.7. The lowest BCUT2D eigenvalue weighted by Gasteiger charge is -2.51. The van der Waals surface area contributed by atoms with Gasteiger partial charge in [-0.2, -0.15) is 0 Å². The summed E-state index contributed by atoms with van der Waals surface area (Å²) in [6.45, 7) is 68.8. The van der Waals surface area contributed by atoms with E-state index in [1.165, 1.54) is 107 Å². The van der Waals surface area contributed by atoms with Gasteiger partial charge in [-0.3, -0.25) is 0 Å². The maximum atomic E-state index is 2.64. The van der Waals surface area contributed by atoms with E-state index in [1.54, 1.807) is 66.8 Å². The molecule has 0 heterocycles. The van der Waals surface area contributed by atoms with Gasteiger partial charge in [0.05, 0.1) is 0 Å². The van der Waals surface area contributed by atoms with Gasteiger partial charge in [-0.15, -0.1) is 0 Å². The summed E-state index contributed by atoms with van der Waals surface area (Å²) in [6.07, 6.45) is 1.32. The number of hydrogen-bond acceptors (Lipinski definition) is 0. The minimum Gasteiger partial charge on any atom is -0.0683 e. The van der Waals surface area contributed by atoms with Gasteiger partial charge in [-0.25, -0.2) is 0 Å². The molecule has 0 nitrogen and oxygen atoms in total. The van der Waals surface area contributed by atoms with Crippen LogP contribution in [0, 0.1) is 11.8 Å². The van der Waals surface area contributed by atoms with Gasteiger partial charge in [0.1, 0.15) is 0 Å². The summed E-state index contributed by atoms with van der Waals surface area (Å²) in [5, 5.41) is 0. The van der Waals surface area contributed by atoms with Crippen LogP contribution in [0.3, 0.4) is 0 Å². The smallest absolute Gasteiger partial charge is 0.0352 e. The molecule has 8 bridgehead atoms. The van der Waals surface area contributed by atoms with Crippen molar-refractivity contribution in [3.8, 4) is 0 Å². The zero-order valence-corrected chi connectivity index (χ0v) is 77.7. The van der Waals surface area contributed by atoms with Crippen LogP contribution in [-0.2, 0) is 0 Å². The normalized spacial score (nSPS) is 19.0. The molecule has 0 aliphatic heterocycles. The lowest BCUT2D eigenvalue weighted by atomic mass is 9.52. The molecular weight excluding hydrogens is 1380 g/mol. The van der Waals surface area contributed by atoms with Crippen molar-refractivity contribution in [1.29, 1.82) is 0 Å². The Bertz CT molecular complexity index is 4350. The van der Waals surface area contributed by atoms with E-state index in [1.807, 2.05) is 138 Å². The van der Waals surface area contributed by atoms with Crippen LogP contribution in [0.4, 0.5) is 0 Å². The van der Waals surface area contributed by atoms with Gasteiger partial charge in [-0.05, 0) is 221 Å². The number of rotatable bonds is 6. The molecule has 0 radical (unpaired) electrons. The molecule has 610 valence electrons. The standard InChI is InChI=1S/C40H34.C29H30.C26H26.10C2H6/c1-21(2)31-37-33-23-13-5-9-17-27(23)35(28-18-10-6-14-24(28)33)39(37)32(22(3)4)40-36-29-19-11-7-15-25(29)34(38(31)40)26-16-8-12-20-30(26)36;1-16(2)22-13-23(17(3)4)25-15-27-26(14-24(22)25)28-18-9-5-7-11-20(18)29(27)21-12-8-6-10-19(21)28;1-15(2)17-13-14-18(16(3)4)26-24-21-11-7-5-9-19(21)23(25(17)26)20-10-6-8-12-22(20)24;10*1-2/h5-22,33-36H,1-4H3;5-12,14-17,22-23,28-29H,13H2,1-4H3;5-16,23-24H,1-4H3;10*1-2H3. The molecule has 0 saturated carbocycles. The quantitative estimate of drug-likeness (QED) is 0.156. The third kappa shape index (κ3) is 15.6. The molecule has 2 atom stereocenters. The van der Waals surface area contributed by atoms with Crippen molar-refractivity contribution in [1.82, 2.24) is 0 Å². The van der Waals surface area contributed by atoms with E-state index in [4.69, 9.17) is 0 Å². The number of hydrogen-bond donors (Lipinski definition) is 0. The maximum Gasteiger partial charge on any atom is 0.0352 e. The van der Waals surface area contributed by atoms with Crippen LogP contribution in [0.2, 0.25) is 0 Å². The van der Waals surface area contributed by atoms with Crippen LogP contribution in [0.1, 0.15) is 478 Å². The lowest BCUT2D eigenvalue weighted by Crippen LogP contribution is -2.36. The molecule has 13 aliphatic rings. The monoisotopic (exact) mass is 1530 g/mol. The van der Waals surface area contributed by atoms with Crippen LogP contribution in [0.15, 0.2) is 218 Å². The van der Waals surface area contributed by atoms with Gasteiger partial charge >= 0.3 is 0 Å². The van der Waals surface area contributed by atoms with E-state index in [0.29, 0.717) is 94.7 Å². The van der Waals surface area contributed by atoms with Gasteiger partial charge < -0.3 is 0 Å². The van der Waals surface area contributed by atoms with Gasteiger partial charge in [0.2, 0.25) is 0 Å². The molecule has 0 amide bonds. The molecule has 115 heavy (non-hydrogen) atoms. The number of benzene rings is 11. The van der Waals surface area contributed by atoms with Crippen LogP contribution < -0.4 is 0 Å². The van der Waals surface area contributed by atoms with Gasteiger partial charge in [-0.1, -0.05) is 440 Å². The maximum absolute atomic E-state index is 2.64. The predicted molar refractivity (Wildman–Crippen MR) is 508 cm³/mol. The molecule has 11 aromatic rings. The van der Waals surface area contributed by atoms with Crippen molar-refractivity contribution < 1.29 is 0 Å². The van der Waals surface area contributed by atoms with E-state index >= 15 is 0 Å². The zero-order valence-electron chi connectivity index (χ0n) is 77.7.